The Morgan fingerprint density at radius 2 is 2.12 bits per heavy atom. The molecule has 2 aliphatic rings. The molecule has 0 radical (unpaired) electrons. The van der Waals surface area contributed by atoms with Gasteiger partial charge < -0.3 is 24.6 Å². The van der Waals surface area contributed by atoms with Gasteiger partial charge in [-0.2, -0.15) is 0 Å². The lowest BCUT2D eigenvalue weighted by molar-refractivity contribution is -0.139. The SMILES string of the molecule is CCOCC(=O)N1CCC[C@H](C(=O)NCc2nc(-c3ccc(N4CCOCC4)nc3)cs2)C1. The molecule has 4 rings (SSSR count). The van der Waals surface area contributed by atoms with E-state index in [4.69, 9.17) is 9.47 Å². The average Bonchev–Trinajstić information content (AvgIpc) is 3.35. The third-order valence-electron chi connectivity index (χ3n) is 5.92. The second-order valence-electron chi connectivity index (χ2n) is 8.16. The third-order valence-corrected chi connectivity index (χ3v) is 6.77. The number of morpholine rings is 1. The van der Waals surface area contributed by atoms with Gasteiger partial charge in [0.15, 0.2) is 0 Å². The molecule has 9 nitrogen and oxygen atoms in total. The molecule has 2 aromatic heterocycles. The Labute approximate surface area is 198 Å². The van der Waals surface area contributed by atoms with E-state index in [9.17, 15) is 9.59 Å². The summed E-state index contributed by atoms with van der Waals surface area (Å²) in [6.45, 7) is 7.13. The zero-order valence-corrected chi connectivity index (χ0v) is 19.8. The third kappa shape index (κ3) is 6.27. The van der Waals surface area contributed by atoms with Crippen LogP contribution in [0, 0.1) is 5.92 Å². The van der Waals surface area contributed by atoms with Crippen molar-refractivity contribution in [1.82, 2.24) is 20.2 Å². The normalized spacial score (nSPS) is 18.9. The van der Waals surface area contributed by atoms with Gasteiger partial charge in [0.2, 0.25) is 11.8 Å². The summed E-state index contributed by atoms with van der Waals surface area (Å²) in [7, 11) is 0. The zero-order chi connectivity index (χ0) is 23.0. The summed E-state index contributed by atoms with van der Waals surface area (Å²) in [5.74, 6) is 0.677. The first-order valence-electron chi connectivity index (χ1n) is 11.5. The monoisotopic (exact) mass is 473 g/mol. The number of anilines is 1. The summed E-state index contributed by atoms with van der Waals surface area (Å²) in [5.41, 5.74) is 1.81. The predicted octanol–water partition coefficient (Wildman–Crippen LogP) is 1.93. The highest BCUT2D eigenvalue weighted by atomic mass is 32.1. The molecule has 178 valence electrons. The maximum absolute atomic E-state index is 12.7. The van der Waals surface area contributed by atoms with Crippen molar-refractivity contribution in [1.29, 1.82) is 0 Å². The smallest absolute Gasteiger partial charge is 0.248 e. The van der Waals surface area contributed by atoms with E-state index in [1.807, 2.05) is 30.6 Å². The minimum absolute atomic E-state index is 0.0304. The van der Waals surface area contributed by atoms with Crippen LogP contribution >= 0.6 is 11.3 Å². The molecule has 0 unspecified atom stereocenters. The number of nitrogens with zero attached hydrogens (tertiary/aromatic N) is 4. The highest BCUT2D eigenvalue weighted by Crippen LogP contribution is 2.24. The van der Waals surface area contributed by atoms with E-state index < -0.39 is 0 Å². The van der Waals surface area contributed by atoms with Crippen molar-refractivity contribution in [3.05, 3.63) is 28.7 Å². The lowest BCUT2D eigenvalue weighted by atomic mass is 9.97. The van der Waals surface area contributed by atoms with Crippen LogP contribution < -0.4 is 10.2 Å². The van der Waals surface area contributed by atoms with Gasteiger partial charge in [-0.25, -0.2) is 9.97 Å². The van der Waals surface area contributed by atoms with E-state index in [2.05, 4.69) is 20.2 Å². The second-order valence-corrected chi connectivity index (χ2v) is 9.11. The fourth-order valence-electron chi connectivity index (χ4n) is 4.05. The van der Waals surface area contributed by atoms with Gasteiger partial charge in [-0.1, -0.05) is 0 Å². The highest BCUT2D eigenvalue weighted by molar-refractivity contribution is 7.09. The molecule has 1 atom stereocenters. The molecule has 1 N–H and O–H groups in total. The standard InChI is InChI=1S/C23H31N5O4S/c1-2-31-15-22(29)28-7-3-4-18(14-28)23(30)25-13-21-26-19(16-33-21)17-5-6-20(24-12-17)27-8-10-32-11-9-27/h5-6,12,16,18H,2-4,7-11,13-15H2,1H3,(H,25,30)/t18-/m0/s1. The maximum atomic E-state index is 12.7. The molecule has 2 aliphatic heterocycles. The fourth-order valence-corrected chi connectivity index (χ4v) is 4.79. The van der Waals surface area contributed by atoms with Gasteiger partial charge in [0, 0.05) is 49.9 Å². The first-order chi connectivity index (χ1) is 16.1. The Kier molecular flexibility index (Phi) is 8.25. The molecule has 2 saturated heterocycles. The van der Waals surface area contributed by atoms with Gasteiger partial charge >= 0.3 is 0 Å². The van der Waals surface area contributed by atoms with Crippen LogP contribution in [0.5, 0.6) is 0 Å². The Balaban J connectivity index is 1.28. The van der Waals surface area contributed by atoms with E-state index in [0.717, 1.165) is 61.2 Å². The topological polar surface area (TPSA) is 96.9 Å². The minimum Gasteiger partial charge on any atom is -0.378 e. The number of thiazole rings is 1. The van der Waals surface area contributed by atoms with E-state index in [1.54, 1.807) is 4.90 Å². The Morgan fingerprint density at radius 1 is 1.27 bits per heavy atom. The number of ether oxygens (including phenoxy) is 2. The number of likely N-dealkylation sites (tertiary alicyclic amines) is 1. The van der Waals surface area contributed by atoms with Crippen molar-refractivity contribution >= 4 is 29.0 Å². The number of pyridine rings is 1. The molecular formula is C23H31N5O4S. The quantitative estimate of drug-likeness (QED) is 0.626. The summed E-state index contributed by atoms with van der Waals surface area (Å²) in [6.07, 6.45) is 3.46. The average molecular weight is 474 g/mol. The second kappa shape index (κ2) is 11.5. The van der Waals surface area contributed by atoms with Gasteiger partial charge in [-0.15, -0.1) is 11.3 Å². The van der Waals surface area contributed by atoms with Crippen molar-refractivity contribution in [3.8, 4) is 11.3 Å². The Morgan fingerprint density at radius 3 is 2.88 bits per heavy atom. The predicted molar refractivity (Wildman–Crippen MR) is 126 cm³/mol. The van der Waals surface area contributed by atoms with Crippen molar-refractivity contribution < 1.29 is 19.1 Å². The molecule has 0 spiro atoms. The number of carbonyl (C=O) groups is 2. The summed E-state index contributed by atoms with van der Waals surface area (Å²) in [6, 6.07) is 4.05. The van der Waals surface area contributed by atoms with Crippen molar-refractivity contribution in [3.63, 3.8) is 0 Å². The number of rotatable bonds is 8. The van der Waals surface area contributed by atoms with Gasteiger partial charge in [0.25, 0.3) is 0 Å². The van der Waals surface area contributed by atoms with E-state index in [0.29, 0.717) is 26.2 Å². The summed E-state index contributed by atoms with van der Waals surface area (Å²) in [5, 5.41) is 5.82. The summed E-state index contributed by atoms with van der Waals surface area (Å²) >= 11 is 1.52. The first-order valence-corrected chi connectivity index (χ1v) is 12.4. The lowest BCUT2D eigenvalue weighted by Gasteiger charge is -2.32. The highest BCUT2D eigenvalue weighted by Gasteiger charge is 2.28. The van der Waals surface area contributed by atoms with Crippen LogP contribution in [-0.2, 0) is 25.6 Å². The van der Waals surface area contributed by atoms with Gasteiger partial charge in [0.05, 0.1) is 31.4 Å². The molecule has 2 aromatic rings. The molecule has 0 saturated carbocycles. The van der Waals surface area contributed by atoms with Gasteiger partial charge in [-0.05, 0) is 31.9 Å². The Bertz CT molecular complexity index is 929. The molecule has 0 aliphatic carbocycles. The van der Waals surface area contributed by atoms with Crippen LogP contribution in [0.15, 0.2) is 23.7 Å². The molecule has 33 heavy (non-hydrogen) atoms. The van der Waals surface area contributed by atoms with E-state index >= 15 is 0 Å². The number of piperidine rings is 1. The zero-order valence-electron chi connectivity index (χ0n) is 19.0. The molecule has 2 fully saturated rings. The van der Waals surface area contributed by atoms with Crippen LogP contribution in [0.4, 0.5) is 5.82 Å². The molecular weight excluding hydrogens is 442 g/mol. The number of amides is 2. The van der Waals surface area contributed by atoms with E-state index in [-0.39, 0.29) is 24.3 Å². The first kappa shape index (κ1) is 23.6. The number of nitrogens with one attached hydrogen (secondary N) is 1. The number of carbonyl (C=O) groups excluding carboxylic acids is 2. The molecule has 0 aromatic carbocycles. The van der Waals surface area contributed by atoms with Crippen molar-refractivity contribution in [2.45, 2.75) is 26.3 Å². The largest absolute Gasteiger partial charge is 0.378 e. The number of aromatic nitrogens is 2. The molecule has 4 heterocycles. The van der Waals surface area contributed by atoms with Crippen LogP contribution in [-0.4, -0.2) is 79.3 Å². The fraction of sp³-hybridized carbons (Fsp3) is 0.565. The molecule has 2 amide bonds. The van der Waals surface area contributed by atoms with Crippen molar-refractivity contribution in [2.75, 3.05) is 57.5 Å². The minimum atomic E-state index is -0.194. The number of hydrogen-bond donors (Lipinski definition) is 1. The molecule has 10 heteroatoms. The maximum Gasteiger partial charge on any atom is 0.248 e. The van der Waals surface area contributed by atoms with Crippen LogP contribution in [0.2, 0.25) is 0 Å². The van der Waals surface area contributed by atoms with Gasteiger partial charge in [-0.3, -0.25) is 9.59 Å². The number of hydrogen-bond acceptors (Lipinski definition) is 8. The lowest BCUT2D eigenvalue weighted by Crippen LogP contribution is -2.46. The van der Waals surface area contributed by atoms with Crippen LogP contribution in [0.25, 0.3) is 11.3 Å². The summed E-state index contributed by atoms with van der Waals surface area (Å²) in [4.78, 5) is 38.1. The van der Waals surface area contributed by atoms with Crippen LogP contribution in [0.3, 0.4) is 0 Å². The van der Waals surface area contributed by atoms with Crippen LogP contribution in [0.1, 0.15) is 24.8 Å². The van der Waals surface area contributed by atoms with Crippen molar-refractivity contribution in [2.24, 2.45) is 5.92 Å². The Hall–Kier alpha value is -2.56. The molecule has 0 bridgehead atoms. The van der Waals surface area contributed by atoms with Gasteiger partial charge in [0.1, 0.15) is 17.4 Å². The summed E-state index contributed by atoms with van der Waals surface area (Å²) < 4.78 is 10.6. The van der Waals surface area contributed by atoms with E-state index in [1.165, 1.54) is 11.3 Å².